The average Bonchev–Trinajstić information content (AvgIpc) is 3.04. The number of rotatable bonds is 4. The highest BCUT2D eigenvalue weighted by Crippen LogP contribution is 2.25. The van der Waals surface area contributed by atoms with Crippen molar-refractivity contribution < 1.29 is 14.5 Å². The fraction of sp³-hybridized carbons (Fsp3) is 0.158. The molecule has 2 N–H and O–H groups in total. The number of carbonyl (C=O) groups excluding carboxylic acids is 2. The van der Waals surface area contributed by atoms with E-state index >= 15 is 0 Å². The third-order valence-electron chi connectivity index (χ3n) is 4.68. The Morgan fingerprint density at radius 2 is 1.93 bits per heavy atom. The van der Waals surface area contributed by atoms with Crippen LogP contribution in [0, 0.1) is 16.0 Å². The van der Waals surface area contributed by atoms with Gasteiger partial charge < -0.3 is 15.2 Å². The van der Waals surface area contributed by atoms with Crippen LogP contribution in [0.2, 0.25) is 0 Å². The number of nitrogens with zero attached hydrogens (tertiary/aromatic N) is 2. The monoisotopic (exact) mass is 364 g/mol. The van der Waals surface area contributed by atoms with Gasteiger partial charge in [-0.1, -0.05) is 24.3 Å². The molecular weight excluding hydrogens is 348 g/mol. The van der Waals surface area contributed by atoms with Crippen LogP contribution in [0.4, 0.5) is 11.4 Å². The minimum atomic E-state index is -0.513. The number of nitrogens with one attached hydrogen (secondary N) is 2. The molecule has 3 aromatic rings. The molecule has 1 aliphatic heterocycles. The van der Waals surface area contributed by atoms with Gasteiger partial charge in [-0.15, -0.1) is 0 Å². The lowest BCUT2D eigenvalue weighted by atomic mass is 9.97. The molecule has 2 heterocycles. The SMILES string of the molecule is O=C(Nc1cccc([N+](=O)[O-])c1)C1CN(C(=O)c2c[nH]c3ccccc23)C1. The summed E-state index contributed by atoms with van der Waals surface area (Å²) in [6, 6.07) is 13.3. The molecule has 0 saturated carbocycles. The number of amides is 2. The van der Waals surface area contributed by atoms with Crippen LogP contribution in [0.3, 0.4) is 0 Å². The first-order valence-electron chi connectivity index (χ1n) is 8.43. The zero-order chi connectivity index (χ0) is 19.0. The normalized spacial score (nSPS) is 14.0. The number of likely N-dealkylation sites (tertiary alicyclic amines) is 1. The number of aromatic nitrogens is 1. The maximum atomic E-state index is 12.6. The summed E-state index contributed by atoms with van der Waals surface area (Å²) in [4.78, 5) is 40.0. The summed E-state index contributed by atoms with van der Waals surface area (Å²) in [5.41, 5.74) is 1.76. The van der Waals surface area contributed by atoms with Crippen LogP contribution >= 0.6 is 0 Å². The van der Waals surface area contributed by atoms with E-state index in [0.29, 0.717) is 24.3 Å². The van der Waals surface area contributed by atoms with E-state index in [9.17, 15) is 19.7 Å². The molecule has 2 amide bonds. The van der Waals surface area contributed by atoms with Gasteiger partial charge in [0, 0.05) is 48.0 Å². The van der Waals surface area contributed by atoms with Gasteiger partial charge in [0.1, 0.15) is 0 Å². The second-order valence-electron chi connectivity index (χ2n) is 6.45. The van der Waals surface area contributed by atoms with Crippen LogP contribution in [-0.4, -0.2) is 39.7 Å². The van der Waals surface area contributed by atoms with Crippen LogP contribution in [0.15, 0.2) is 54.7 Å². The molecule has 1 aromatic heterocycles. The molecule has 1 saturated heterocycles. The molecule has 4 rings (SSSR count). The van der Waals surface area contributed by atoms with Crippen LogP contribution < -0.4 is 5.32 Å². The summed E-state index contributed by atoms with van der Waals surface area (Å²) in [5.74, 6) is -0.705. The maximum Gasteiger partial charge on any atom is 0.271 e. The fourth-order valence-corrected chi connectivity index (χ4v) is 3.17. The minimum Gasteiger partial charge on any atom is -0.360 e. The predicted octanol–water partition coefficient (Wildman–Crippen LogP) is 2.79. The lowest BCUT2D eigenvalue weighted by Gasteiger charge is -2.38. The van der Waals surface area contributed by atoms with E-state index < -0.39 is 4.92 Å². The fourth-order valence-electron chi connectivity index (χ4n) is 3.17. The molecular formula is C19H16N4O4. The Hall–Kier alpha value is -3.68. The number of para-hydroxylation sites is 1. The Morgan fingerprint density at radius 3 is 2.70 bits per heavy atom. The van der Waals surface area contributed by atoms with Crippen molar-refractivity contribution in [1.82, 2.24) is 9.88 Å². The topological polar surface area (TPSA) is 108 Å². The highest BCUT2D eigenvalue weighted by molar-refractivity contribution is 6.07. The maximum absolute atomic E-state index is 12.6. The summed E-state index contributed by atoms with van der Waals surface area (Å²) in [5, 5.41) is 14.3. The number of hydrogen-bond acceptors (Lipinski definition) is 4. The number of nitro groups is 1. The molecule has 8 heteroatoms. The van der Waals surface area contributed by atoms with Crippen molar-refractivity contribution >= 4 is 34.1 Å². The van der Waals surface area contributed by atoms with Crippen molar-refractivity contribution in [3.05, 3.63) is 70.4 Å². The first-order valence-corrected chi connectivity index (χ1v) is 8.43. The van der Waals surface area contributed by atoms with Gasteiger partial charge in [-0.3, -0.25) is 19.7 Å². The summed E-state index contributed by atoms with van der Waals surface area (Å²) >= 11 is 0. The minimum absolute atomic E-state index is 0.0856. The highest BCUT2D eigenvalue weighted by Gasteiger charge is 2.36. The van der Waals surface area contributed by atoms with E-state index in [1.54, 1.807) is 17.2 Å². The predicted molar refractivity (Wildman–Crippen MR) is 99.4 cm³/mol. The Balaban J connectivity index is 1.39. The largest absolute Gasteiger partial charge is 0.360 e. The number of carbonyl (C=O) groups is 2. The number of anilines is 1. The van der Waals surface area contributed by atoms with Crippen molar-refractivity contribution in [2.24, 2.45) is 5.92 Å². The summed E-state index contributed by atoms with van der Waals surface area (Å²) in [6.07, 6.45) is 1.68. The van der Waals surface area contributed by atoms with Crippen molar-refractivity contribution in [3.63, 3.8) is 0 Å². The van der Waals surface area contributed by atoms with Gasteiger partial charge in [0.2, 0.25) is 5.91 Å². The quantitative estimate of drug-likeness (QED) is 0.548. The number of benzene rings is 2. The molecule has 0 radical (unpaired) electrons. The summed E-state index contributed by atoms with van der Waals surface area (Å²) in [6.45, 7) is 0.637. The van der Waals surface area contributed by atoms with Gasteiger partial charge in [0.15, 0.2) is 0 Å². The van der Waals surface area contributed by atoms with Gasteiger partial charge in [-0.25, -0.2) is 0 Å². The second-order valence-corrected chi connectivity index (χ2v) is 6.45. The standard InChI is InChI=1S/C19H16N4O4/c24-18(21-13-4-3-5-14(8-13)23(26)27)12-10-22(11-12)19(25)16-9-20-17-7-2-1-6-15(16)17/h1-9,12,20H,10-11H2,(H,21,24). The number of non-ortho nitro benzene ring substituents is 1. The van der Waals surface area contributed by atoms with E-state index in [-0.39, 0.29) is 23.4 Å². The number of nitro benzene ring substituents is 1. The number of H-pyrrole nitrogens is 1. The molecule has 2 aromatic carbocycles. The Kier molecular flexibility index (Phi) is 4.08. The Morgan fingerprint density at radius 1 is 1.15 bits per heavy atom. The van der Waals surface area contributed by atoms with E-state index in [1.165, 1.54) is 18.2 Å². The molecule has 27 heavy (non-hydrogen) atoms. The molecule has 0 atom stereocenters. The molecule has 1 fully saturated rings. The second kappa shape index (κ2) is 6.56. The van der Waals surface area contributed by atoms with Gasteiger partial charge in [0.25, 0.3) is 11.6 Å². The Bertz CT molecular complexity index is 1050. The smallest absolute Gasteiger partial charge is 0.271 e. The first-order chi connectivity index (χ1) is 13.0. The Labute approximate surface area is 153 Å². The summed E-state index contributed by atoms with van der Waals surface area (Å²) < 4.78 is 0. The molecule has 0 spiro atoms. The molecule has 0 aliphatic carbocycles. The third kappa shape index (κ3) is 3.12. The zero-order valence-corrected chi connectivity index (χ0v) is 14.2. The van der Waals surface area contributed by atoms with Crippen LogP contribution in [-0.2, 0) is 4.79 Å². The van der Waals surface area contributed by atoms with Gasteiger partial charge >= 0.3 is 0 Å². The average molecular weight is 364 g/mol. The molecule has 0 unspecified atom stereocenters. The number of fused-ring (bicyclic) bond motifs is 1. The first kappa shape index (κ1) is 16.8. The van der Waals surface area contributed by atoms with E-state index in [4.69, 9.17) is 0 Å². The van der Waals surface area contributed by atoms with E-state index in [0.717, 1.165) is 10.9 Å². The number of aromatic amines is 1. The number of hydrogen-bond donors (Lipinski definition) is 2. The molecule has 0 bridgehead atoms. The van der Waals surface area contributed by atoms with Crippen LogP contribution in [0.5, 0.6) is 0 Å². The van der Waals surface area contributed by atoms with Gasteiger partial charge in [0.05, 0.1) is 16.4 Å². The molecule has 1 aliphatic rings. The molecule has 136 valence electrons. The van der Waals surface area contributed by atoms with E-state index in [2.05, 4.69) is 10.3 Å². The van der Waals surface area contributed by atoms with Crippen molar-refractivity contribution in [2.45, 2.75) is 0 Å². The third-order valence-corrected chi connectivity index (χ3v) is 4.68. The van der Waals surface area contributed by atoms with Crippen LogP contribution in [0.1, 0.15) is 10.4 Å². The van der Waals surface area contributed by atoms with Crippen molar-refractivity contribution in [1.29, 1.82) is 0 Å². The molecule has 8 nitrogen and oxygen atoms in total. The van der Waals surface area contributed by atoms with Gasteiger partial charge in [-0.05, 0) is 12.1 Å². The van der Waals surface area contributed by atoms with Crippen molar-refractivity contribution in [3.8, 4) is 0 Å². The lowest BCUT2D eigenvalue weighted by molar-refractivity contribution is -0.384. The van der Waals surface area contributed by atoms with Crippen molar-refractivity contribution in [2.75, 3.05) is 18.4 Å². The lowest BCUT2D eigenvalue weighted by Crippen LogP contribution is -2.54. The van der Waals surface area contributed by atoms with Crippen LogP contribution in [0.25, 0.3) is 10.9 Å². The van der Waals surface area contributed by atoms with Gasteiger partial charge in [-0.2, -0.15) is 0 Å². The van der Waals surface area contributed by atoms with E-state index in [1.807, 2.05) is 24.3 Å². The summed E-state index contributed by atoms with van der Waals surface area (Å²) in [7, 11) is 0. The zero-order valence-electron chi connectivity index (χ0n) is 14.2. The highest BCUT2D eigenvalue weighted by atomic mass is 16.6.